The van der Waals surface area contributed by atoms with E-state index in [4.69, 9.17) is 0 Å². The Bertz CT molecular complexity index is 245. The lowest BCUT2D eigenvalue weighted by Gasteiger charge is -2.03. The van der Waals surface area contributed by atoms with Crippen molar-refractivity contribution in [3.05, 3.63) is 11.9 Å². The minimum atomic E-state index is 0.831. The molecule has 1 aromatic heterocycles. The van der Waals surface area contributed by atoms with Crippen LogP contribution >= 0.6 is 11.7 Å². The molecule has 4 nitrogen and oxygen atoms in total. The van der Waals surface area contributed by atoms with Crippen LogP contribution in [0, 0.1) is 0 Å². The van der Waals surface area contributed by atoms with Crippen LogP contribution in [0.1, 0.15) is 25.0 Å². The maximum Gasteiger partial charge on any atom is 0.0880 e. The van der Waals surface area contributed by atoms with Crippen LogP contribution in [-0.4, -0.2) is 27.9 Å². The van der Waals surface area contributed by atoms with E-state index in [1.54, 1.807) is 0 Å². The molecule has 0 atom stereocenters. The predicted octanol–water partition coefficient (Wildman–Crippen LogP) is 0.770. The Balaban J connectivity index is 1.43. The first kappa shape index (κ1) is 10.0. The molecule has 0 unspecified atom stereocenters. The summed E-state index contributed by atoms with van der Waals surface area (Å²) in [6, 6.07) is 0.831. The predicted molar refractivity (Wildman–Crippen MR) is 57.3 cm³/mol. The van der Waals surface area contributed by atoms with Gasteiger partial charge in [0.2, 0.25) is 0 Å². The van der Waals surface area contributed by atoms with Crippen LogP contribution in [0.25, 0.3) is 0 Å². The third-order valence-corrected chi connectivity index (χ3v) is 2.77. The van der Waals surface area contributed by atoms with Gasteiger partial charge in [0.05, 0.1) is 23.6 Å². The summed E-state index contributed by atoms with van der Waals surface area (Å²) >= 11 is 1.27. The van der Waals surface area contributed by atoms with E-state index >= 15 is 0 Å². The fourth-order valence-electron chi connectivity index (χ4n) is 1.29. The lowest BCUT2D eigenvalue weighted by atomic mass is 10.4. The Morgan fingerprint density at radius 2 is 2.36 bits per heavy atom. The molecule has 1 fully saturated rings. The first-order chi connectivity index (χ1) is 6.95. The van der Waals surface area contributed by atoms with Crippen molar-refractivity contribution in [2.45, 2.75) is 31.8 Å². The van der Waals surface area contributed by atoms with Crippen molar-refractivity contribution in [3.63, 3.8) is 0 Å². The average molecular weight is 212 g/mol. The standard InChI is InChI=1S/C9H16N4S/c1(5-11-8-2-3-8)4-10-6-9-7-12-14-13-9/h7-8,10-11H,1-6H2. The van der Waals surface area contributed by atoms with Crippen LogP contribution in [0.3, 0.4) is 0 Å². The summed E-state index contributed by atoms with van der Waals surface area (Å²) in [5.41, 5.74) is 1.05. The van der Waals surface area contributed by atoms with Crippen molar-refractivity contribution in [1.29, 1.82) is 0 Å². The molecule has 1 aliphatic carbocycles. The second kappa shape index (κ2) is 5.38. The van der Waals surface area contributed by atoms with Gasteiger partial charge in [-0.1, -0.05) is 0 Å². The van der Waals surface area contributed by atoms with Gasteiger partial charge in [-0.2, -0.15) is 8.75 Å². The molecule has 78 valence electrons. The SMILES string of the molecule is c1nsnc1CNCCCNC1CC1. The Labute approximate surface area is 88.4 Å². The second-order valence-electron chi connectivity index (χ2n) is 3.66. The summed E-state index contributed by atoms with van der Waals surface area (Å²) in [4.78, 5) is 0. The Hall–Kier alpha value is -0.520. The highest BCUT2D eigenvalue weighted by Crippen LogP contribution is 2.18. The zero-order valence-electron chi connectivity index (χ0n) is 8.20. The molecule has 1 saturated carbocycles. The zero-order valence-corrected chi connectivity index (χ0v) is 9.02. The monoisotopic (exact) mass is 212 g/mol. The summed E-state index contributed by atoms with van der Waals surface area (Å²) in [6.45, 7) is 3.03. The van der Waals surface area contributed by atoms with Crippen LogP contribution in [0.4, 0.5) is 0 Å². The van der Waals surface area contributed by atoms with Gasteiger partial charge in [-0.25, -0.2) is 0 Å². The summed E-state index contributed by atoms with van der Waals surface area (Å²) in [5.74, 6) is 0. The van der Waals surface area contributed by atoms with Crippen molar-refractivity contribution in [3.8, 4) is 0 Å². The van der Waals surface area contributed by atoms with Gasteiger partial charge >= 0.3 is 0 Å². The molecule has 2 N–H and O–H groups in total. The van der Waals surface area contributed by atoms with Gasteiger partial charge in [0.1, 0.15) is 0 Å². The summed E-state index contributed by atoms with van der Waals surface area (Å²) < 4.78 is 8.07. The quantitative estimate of drug-likeness (QED) is 0.656. The van der Waals surface area contributed by atoms with E-state index in [9.17, 15) is 0 Å². The molecule has 1 heterocycles. The first-order valence-electron chi connectivity index (χ1n) is 5.16. The normalized spacial score (nSPS) is 16.0. The molecule has 0 spiro atoms. The Kier molecular flexibility index (Phi) is 3.85. The van der Waals surface area contributed by atoms with E-state index in [-0.39, 0.29) is 0 Å². The van der Waals surface area contributed by atoms with Crippen LogP contribution in [-0.2, 0) is 6.54 Å². The molecule has 5 heteroatoms. The first-order valence-corrected chi connectivity index (χ1v) is 5.89. The van der Waals surface area contributed by atoms with E-state index in [1.165, 1.54) is 31.0 Å². The summed E-state index contributed by atoms with van der Waals surface area (Å²) in [5, 5.41) is 6.83. The third-order valence-electron chi connectivity index (χ3n) is 2.25. The smallest absolute Gasteiger partial charge is 0.0880 e. The van der Waals surface area contributed by atoms with Gasteiger partial charge in [0, 0.05) is 12.6 Å². The van der Waals surface area contributed by atoms with E-state index in [1.807, 2.05) is 6.20 Å². The van der Waals surface area contributed by atoms with Crippen molar-refractivity contribution in [2.24, 2.45) is 0 Å². The maximum atomic E-state index is 4.12. The van der Waals surface area contributed by atoms with Gasteiger partial charge < -0.3 is 10.6 Å². The second-order valence-corrected chi connectivity index (χ2v) is 4.21. The topological polar surface area (TPSA) is 49.8 Å². The molecule has 1 aromatic rings. The molecule has 14 heavy (non-hydrogen) atoms. The Morgan fingerprint density at radius 1 is 1.43 bits per heavy atom. The van der Waals surface area contributed by atoms with Crippen molar-refractivity contribution in [2.75, 3.05) is 13.1 Å². The molecule has 1 aliphatic rings. The molecular formula is C9H16N4S. The van der Waals surface area contributed by atoms with Crippen molar-refractivity contribution < 1.29 is 0 Å². The van der Waals surface area contributed by atoms with Gasteiger partial charge in [0.25, 0.3) is 0 Å². The maximum absolute atomic E-state index is 4.12. The average Bonchev–Trinajstić information content (AvgIpc) is 2.87. The fourth-order valence-corrected chi connectivity index (χ4v) is 1.72. The molecule has 2 rings (SSSR count). The molecule has 0 aliphatic heterocycles. The molecule has 0 aromatic carbocycles. The number of hydrogen-bond acceptors (Lipinski definition) is 5. The van der Waals surface area contributed by atoms with E-state index in [0.29, 0.717) is 0 Å². The van der Waals surface area contributed by atoms with Gasteiger partial charge in [-0.3, -0.25) is 0 Å². The minimum Gasteiger partial charge on any atom is -0.314 e. The van der Waals surface area contributed by atoms with E-state index in [2.05, 4.69) is 19.4 Å². The highest BCUT2D eigenvalue weighted by molar-refractivity contribution is 6.99. The summed E-state index contributed by atoms with van der Waals surface area (Å²) in [7, 11) is 0. The van der Waals surface area contributed by atoms with Crippen LogP contribution in [0.15, 0.2) is 6.20 Å². The van der Waals surface area contributed by atoms with Gasteiger partial charge in [-0.15, -0.1) is 0 Å². The summed E-state index contributed by atoms with van der Waals surface area (Å²) in [6.07, 6.45) is 5.75. The fraction of sp³-hybridized carbons (Fsp3) is 0.778. The highest BCUT2D eigenvalue weighted by atomic mass is 32.1. The van der Waals surface area contributed by atoms with Gasteiger partial charge in [-0.05, 0) is 32.4 Å². The third kappa shape index (κ3) is 3.69. The lowest BCUT2D eigenvalue weighted by Crippen LogP contribution is -2.23. The number of hydrogen-bond donors (Lipinski definition) is 2. The molecule has 0 radical (unpaired) electrons. The molecule has 0 saturated heterocycles. The van der Waals surface area contributed by atoms with Crippen LogP contribution in [0.5, 0.6) is 0 Å². The highest BCUT2D eigenvalue weighted by Gasteiger charge is 2.19. The number of aromatic nitrogens is 2. The van der Waals surface area contributed by atoms with E-state index in [0.717, 1.165) is 31.4 Å². The zero-order chi connectivity index (χ0) is 9.64. The largest absolute Gasteiger partial charge is 0.314 e. The molecular weight excluding hydrogens is 196 g/mol. The molecule has 0 bridgehead atoms. The number of rotatable bonds is 7. The number of nitrogens with one attached hydrogen (secondary N) is 2. The van der Waals surface area contributed by atoms with Crippen LogP contribution < -0.4 is 10.6 Å². The van der Waals surface area contributed by atoms with Gasteiger partial charge in [0.15, 0.2) is 0 Å². The Morgan fingerprint density at radius 3 is 3.07 bits per heavy atom. The lowest BCUT2D eigenvalue weighted by molar-refractivity contribution is 0.590. The van der Waals surface area contributed by atoms with Crippen LogP contribution in [0.2, 0.25) is 0 Å². The van der Waals surface area contributed by atoms with Crippen molar-refractivity contribution in [1.82, 2.24) is 19.4 Å². The molecule has 0 amide bonds. The number of nitrogens with zero attached hydrogens (tertiary/aromatic N) is 2. The minimum absolute atomic E-state index is 0.831. The van der Waals surface area contributed by atoms with Crippen molar-refractivity contribution >= 4 is 11.7 Å². The van der Waals surface area contributed by atoms with E-state index < -0.39 is 0 Å².